The van der Waals surface area contributed by atoms with Gasteiger partial charge in [-0.05, 0) is 17.2 Å². The fraction of sp³-hybridized carbons (Fsp3) is 0.0625. The third-order valence-corrected chi connectivity index (χ3v) is 3.66. The lowest BCUT2D eigenvalue weighted by atomic mass is 9.92. The summed E-state index contributed by atoms with van der Waals surface area (Å²) in [6.45, 7) is 0. The zero-order valence-corrected chi connectivity index (χ0v) is 9.59. The summed E-state index contributed by atoms with van der Waals surface area (Å²) in [5.74, 6) is -0.276. The van der Waals surface area contributed by atoms with Crippen LogP contribution in [0.5, 0.6) is 0 Å². The molecule has 0 unspecified atom stereocenters. The van der Waals surface area contributed by atoms with Crippen molar-refractivity contribution in [2.24, 2.45) is 0 Å². The molecule has 2 nitrogen and oxygen atoms in total. The first-order valence-electron chi connectivity index (χ1n) is 5.93. The molecule has 2 aromatic rings. The van der Waals surface area contributed by atoms with Gasteiger partial charge in [-0.15, -0.1) is 0 Å². The number of carbonyl (C=O) groups is 1. The van der Waals surface area contributed by atoms with Crippen molar-refractivity contribution in [2.75, 3.05) is 0 Å². The first-order chi connectivity index (χ1) is 8.81. The minimum Gasteiger partial charge on any atom is -0.442 e. The fourth-order valence-corrected chi connectivity index (χ4v) is 2.93. The molecule has 2 heteroatoms. The van der Waals surface area contributed by atoms with Crippen molar-refractivity contribution in [3.05, 3.63) is 71.8 Å². The summed E-state index contributed by atoms with van der Waals surface area (Å²) in [7, 11) is 0. The predicted molar refractivity (Wildman–Crippen MR) is 67.9 cm³/mol. The molecule has 1 aliphatic carbocycles. The van der Waals surface area contributed by atoms with Crippen LogP contribution in [0.3, 0.4) is 0 Å². The van der Waals surface area contributed by atoms with Crippen LogP contribution in [-0.4, -0.2) is 5.97 Å². The van der Waals surface area contributed by atoms with E-state index in [0.717, 1.165) is 22.3 Å². The van der Waals surface area contributed by atoms with E-state index >= 15 is 0 Å². The van der Waals surface area contributed by atoms with Gasteiger partial charge in [0.25, 0.3) is 0 Å². The summed E-state index contributed by atoms with van der Waals surface area (Å²) in [6, 6.07) is 16.2. The molecule has 0 radical (unpaired) electrons. The monoisotopic (exact) mass is 234 g/mol. The van der Waals surface area contributed by atoms with Gasteiger partial charge in [-0.3, -0.25) is 0 Å². The van der Waals surface area contributed by atoms with Crippen molar-refractivity contribution in [1.82, 2.24) is 0 Å². The van der Waals surface area contributed by atoms with E-state index in [2.05, 4.69) is 12.1 Å². The van der Waals surface area contributed by atoms with E-state index in [1.54, 1.807) is 0 Å². The quantitative estimate of drug-likeness (QED) is 0.655. The van der Waals surface area contributed by atoms with Gasteiger partial charge in [0.05, 0.1) is 0 Å². The number of rotatable bonds is 0. The Kier molecular flexibility index (Phi) is 1.67. The Labute approximate surface area is 105 Å². The summed E-state index contributed by atoms with van der Waals surface area (Å²) in [4.78, 5) is 11.5. The Morgan fingerprint density at radius 3 is 1.89 bits per heavy atom. The van der Waals surface area contributed by atoms with Gasteiger partial charge in [0.1, 0.15) is 0 Å². The molecule has 0 fully saturated rings. The number of esters is 1. The lowest BCUT2D eigenvalue weighted by molar-refractivity contribution is -0.143. The standard InChI is InChI=1S/C16H10O2/c17-15-9-10-16(18-15)13-7-3-1-5-11(13)12-6-2-4-8-14(12)16/h1-10H. The summed E-state index contributed by atoms with van der Waals surface area (Å²) in [5.41, 5.74) is 3.69. The average molecular weight is 234 g/mol. The maximum atomic E-state index is 11.5. The first kappa shape index (κ1) is 9.66. The third-order valence-electron chi connectivity index (χ3n) is 3.66. The van der Waals surface area contributed by atoms with Crippen LogP contribution in [0.4, 0.5) is 0 Å². The molecule has 0 N–H and O–H groups in total. The van der Waals surface area contributed by atoms with E-state index < -0.39 is 5.60 Å². The van der Waals surface area contributed by atoms with Crippen molar-refractivity contribution in [1.29, 1.82) is 0 Å². The van der Waals surface area contributed by atoms with E-state index in [1.807, 2.05) is 42.5 Å². The van der Waals surface area contributed by atoms with E-state index in [-0.39, 0.29) is 5.97 Å². The Balaban J connectivity index is 2.11. The van der Waals surface area contributed by atoms with Crippen molar-refractivity contribution >= 4 is 5.97 Å². The number of carbonyl (C=O) groups excluding carboxylic acids is 1. The number of ether oxygens (including phenoxy) is 1. The highest BCUT2D eigenvalue weighted by atomic mass is 16.6. The zero-order valence-electron chi connectivity index (χ0n) is 9.59. The highest BCUT2D eigenvalue weighted by Gasteiger charge is 2.46. The van der Waals surface area contributed by atoms with Crippen molar-refractivity contribution in [3.63, 3.8) is 0 Å². The smallest absolute Gasteiger partial charge is 0.332 e. The minimum atomic E-state index is -0.704. The Hall–Kier alpha value is -2.35. The number of hydrogen-bond donors (Lipinski definition) is 0. The van der Waals surface area contributed by atoms with E-state index in [4.69, 9.17) is 4.74 Å². The maximum Gasteiger partial charge on any atom is 0.332 e. The van der Waals surface area contributed by atoms with Crippen LogP contribution in [0.2, 0.25) is 0 Å². The van der Waals surface area contributed by atoms with Crippen LogP contribution in [0, 0.1) is 0 Å². The lowest BCUT2D eigenvalue weighted by Gasteiger charge is -2.23. The molecule has 2 aromatic carbocycles. The summed E-state index contributed by atoms with van der Waals surface area (Å²) in [5, 5.41) is 0. The topological polar surface area (TPSA) is 26.3 Å². The van der Waals surface area contributed by atoms with Crippen LogP contribution in [0.25, 0.3) is 11.1 Å². The number of fused-ring (bicyclic) bond motifs is 5. The second kappa shape index (κ2) is 3.10. The Bertz CT molecular complexity index is 652. The third kappa shape index (κ3) is 1.00. The molecule has 86 valence electrons. The van der Waals surface area contributed by atoms with Gasteiger partial charge >= 0.3 is 5.97 Å². The van der Waals surface area contributed by atoms with Crippen molar-refractivity contribution in [2.45, 2.75) is 5.60 Å². The van der Waals surface area contributed by atoms with Crippen molar-refractivity contribution in [3.8, 4) is 11.1 Å². The molecule has 2 aliphatic rings. The summed E-state index contributed by atoms with van der Waals surface area (Å²) < 4.78 is 5.61. The molecule has 0 saturated heterocycles. The SMILES string of the molecule is O=C1C=CC2(O1)c1ccccc1-c1ccccc12. The molecule has 1 aliphatic heterocycles. The van der Waals surface area contributed by atoms with Crippen molar-refractivity contribution < 1.29 is 9.53 Å². The van der Waals surface area contributed by atoms with Gasteiger partial charge < -0.3 is 4.74 Å². The van der Waals surface area contributed by atoms with Gasteiger partial charge in [0.15, 0.2) is 5.60 Å². The second-order valence-corrected chi connectivity index (χ2v) is 4.58. The highest BCUT2D eigenvalue weighted by Crippen LogP contribution is 2.51. The van der Waals surface area contributed by atoms with E-state index in [1.165, 1.54) is 6.08 Å². The van der Waals surface area contributed by atoms with E-state index in [9.17, 15) is 4.79 Å². The molecule has 0 aromatic heterocycles. The minimum absolute atomic E-state index is 0.276. The zero-order chi connectivity index (χ0) is 12.2. The molecule has 0 atom stereocenters. The number of hydrogen-bond acceptors (Lipinski definition) is 2. The molecule has 1 spiro atoms. The second-order valence-electron chi connectivity index (χ2n) is 4.58. The summed E-state index contributed by atoms with van der Waals surface area (Å²) in [6.07, 6.45) is 3.37. The molecular weight excluding hydrogens is 224 g/mol. The average Bonchev–Trinajstić information content (AvgIpc) is 2.93. The highest BCUT2D eigenvalue weighted by molar-refractivity contribution is 5.91. The predicted octanol–water partition coefficient (Wildman–Crippen LogP) is 3.02. The van der Waals surface area contributed by atoms with Gasteiger partial charge in [0, 0.05) is 17.2 Å². The normalized spacial score (nSPS) is 17.7. The van der Waals surface area contributed by atoms with Gasteiger partial charge in [0.2, 0.25) is 0 Å². The first-order valence-corrected chi connectivity index (χ1v) is 5.93. The van der Waals surface area contributed by atoms with Crippen LogP contribution in [-0.2, 0) is 15.1 Å². The van der Waals surface area contributed by atoms with Gasteiger partial charge in [-0.2, -0.15) is 0 Å². The van der Waals surface area contributed by atoms with Crippen LogP contribution in [0.1, 0.15) is 11.1 Å². The van der Waals surface area contributed by atoms with Gasteiger partial charge in [-0.1, -0.05) is 48.5 Å². The molecular formula is C16H10O2. The van der Waals surface area contributed by atoms with Crippen LogP contribution >= 0.6 is 0 Å². The fourth-order valence-electron chi connectivity index (χ4n) is 2.93. The number of benzene rings is 2. The molecule has 0 saturated carbocycles. The van der Waals surface area contributed by atoms with Crippen LogP contribution in [0.15, 0.2) is 60.7 Å². The maximum absolute atomic E-state index is 11.5. The molecule has 18 heavy (non-hydrogen) atoms. The molecule has 0 bridgehead atoms. The molecule has 4 rings (SSSR count). The summed E-state index contributed by atoms with van der Waals surface area (Å²) >= 11 is 0. The molecule has 0 amide bonds. The van der Waals surface area contributed by atoms with Gasteiger partial charge in [-0.25, -0.2) is 4.79 Å². The Morgan fingerprint density at radius 2 is 1.39 bits per heavy atom. The van der Waals surface area contributed by atoms with Crippen LogP contribution < -0.4 is 0 Å². The lowest BCUT2D eigenvalue weighted by Crippen LogP contribution is -2.24. The molecule has 1 heterocycles. The Morgan fingerprint density at radius 1 is 0.833 bits per heavy atom. The largest absolute Gasteiger partial charge is 0.442 e. The van der Waals surface area contributed by atoms with E-state index in [0.29, 0.717) is 0 Å².